The van der Waals surface area contributed by atoms with E-state index in [0.29, 0.717) is 42.6 Å². The second kappa shape index (κ2) is 12.2. The van der Waals surface area contributed by atoms with Gasteiger partial charge in [-0.25, -0.2) is 4.98 Å². The second-order valence-corrected chi connectivity index (χ2v) is 10.1. The SMILES string of the molecule is COC(=O)CC(NC(=O)[C@H](CC(C)C)n1cnc2ccccc2c1=O)c1cncc(N2CCOC[C@@H]2C)c1. The Labute approximate surface area is 222 Å². The van der Waals surface area contributed by atoms with Gasteiger partial charge < -0.3 is 19.7 Å². The van der Waals surface area contributed by atoms with Crippen LogP contribution >= 0.6 is 0 Å². The second-order valence-electron chi connectivity index (χ2n) is 10.1. The van der Waals surface area contributed by atoms with Gasteiger partial charge in [0.05, 0.1) is 61.9 Å². The van der Waals surface area contributed by atoms with Gasteiger partial charge in [0, 0.05) is 18.8 Å². The largest absolute Gasteiger partial charge is 0.469 e. The number of benzene rings is 1. The number of para-hydroxylation sites is 1. The molecule has 38 heavy (non-hydrogen) atoms. The number of carbonyl (C=O) groups excluding carboxylic acids is 2. The molecular formula is C28H35N5O5. The van der Waals surface area contributed by atoms with Crippen LogP contribution in [0.3, 0.4) is 0 Å². The molecule has 202 valence electrons. The van der Waals surface area contributed by atoms with Crippen LogP contribution in [0, 0.1) is 5.92 Å². The van der Waals surface area contributed by atoms with E-state index in [1.54, 1.807) is 30.6 Å². The maximum absolute atomic E-state index is 13.8. The molecule has 2 aromatic heterocycles. The number of pyridine rings is 1. The minimum absolute atomic E-state index is 0.0781. The summed E-state index contributed by atoms with van der Waals surface area (Å²) in [4.78, 5) is 50.4. The number of anilines is 1. The molecule has 0 saturated carbocycles. The summed E-state index contributed by atoms with van der Waals surface area (Å²) < 4.78 is 11.9. The number of hydrogen-bond acceptors (Lipinski definition) is 8. The monoisotopic (exact) mass is 521 g/mol. The summed E-state index contributed by atoms with van der Waals surface area (Å²) >= 11 is 0. The number of esters is 1. The molecule has 3 aromatic rings. The van der Waals surface area contributed by atoms with Crippen LogP contribution in [0.1, 0.15) is 51.3 Å². The smallest absolute Gasteiger partial charge is 0.307 e. The Morgan fingerprint density at radius 2 is 2.03 bits per heavy atom. The first-order chi connectivity index (χ1) is 18.3. The van der Waals surface area contributed by atoms with Crippen molar-refractivity contribution in [1.29, 1.82) is 0 Å². The molecular weight excluding hydrogens is 486 g/mol. The number of hydrogen-bond donors (Lipinski definition) is 1. The Morgan fingerprint density at radius 1 is 1.24 bits per heavy atom. The van der Waals surface area contributed by atoms with Crippen LogP contribution in [0.2, 0.25) is 0 Å². The van der Waals surface area contributed by atoms with Crippen molar-refractivity contribution in [3.05, 3.63) is 65.0 Å². The maximum atomic E-state index is 13.8. The molecule has 1 aliphatic rings. The van der Waals surface area contributed by atoms with E-state index in [-0.39, 0.29) is 29.8 Å². The number of methoxy groups -OCH3 is 1. The molecule has 1 saturated heterocycles. The molecule has 1 N–H and O–H groups in total. The first kappa shape index (κ1) is 27.3. The standard InChI is InChI=1S/C28H35N5O5/c1-18(2)11-25(33-17-30-23-8-6-5-7-22(23)28(33)36)27(35)31-24(13-26(34)37-4)20-12-21(15-29-14-20)32-9-10-38-16-19(32)3/h5-8,12,14-15,17-19,24-25H,9-11,13,16H2,1-4H3,(H,31,35)/t19-,24?,25-/m0/s1. The fraction of sp³-hybridized carbons (Fsp3) is 0.464. The van der Waals surface area contributed by atoms with Gasteiger partial charge in [-0.1, -0.05) is 26.0 Å². The number of nitrogens with one attached hydrogen (secondary N) is 1. The highest BCUT2D eigenvalue weighted by atomic mass is 16.5. The zero-order valence-electron chi connectivity index (χ0n) is 22.3. The molecule has 1 amide bonds. The lowest BCUT2D eigenvalue weighted by molar-refractivity contribution is -0.141. The molecule has 3 atom stereocenters. The van der Waals surface area contributed by atoms with Gasteiger partial charge in [-0.3, -0.25) is 23.9 Å². The van der Waals surface area contributed by atoms with E-state index >= 15 is 0 Å². The molecule has 0 radical (unpaired) electrons. The van der Waals surface area contributed by atoms with Crippen LogP contribution in [-0.2, 0) is 19.1 Å². The van der Waals surface area contributed by atoms with E-state index in [4.69, 9.17) is 9.47 Å². The number of nitrogens with zero attached hydrogens (tertiary/aromatic N) is 4. The minimum atomic E-state index is -0.810. The number of carbonyl (C=O) groups is 2. The Balaban J connectivity index is 1.67. The van der Waals surface area contributed by atoms with Crippen molar-refractivity contribution < 1.29 is 19.1 Å². The van der Waals surface area contributed by atoms with E-state index in [0.717, 1.165) is 5.69 Å². The van der Waals surface area contributed by atoms with Gasteiger partial charge in [0.15, 0.2) is 0 Å². The molecule has 4 rings (SSSR count). The number of morpholine rings is 1. The number of amides is 1. The van der Waals surface area contributed by atoms with Gasteiger partial charge in [-0.15, -0.1) is 0 Å². The molecule has 1 unspecified atom stereocenters. The zero-order chi connectivity index (χ0) is 27.2. The van der Waals surface area contributed by atoms with Crippen molar-refractivity contribution >= 4 is 28.5 Å². The van der Waals surface area contributed by atoms with Crippen molar-refractivity contribution in [1.82, 2.24) is 19.9 Å². The third kappa shape index (κ3) is 6.19. The summed E-state index contributed by atoms with van der Waals surface area (Å²) in [6.45, 7) is 7.99. The Morgan fingerprint density at radius 3 is 2.76 bits per heavy atom. The van der Waals surface area contributed by atoms with Crippen LogP contribution in [0.25, 0.3) is 10.9 Å². The molecule has 1 aromatic carbocycles. The lowest BCUT2D eigenvalue weighted by atomic mass is 10.00. The lowest BCUT2D eigenvalue weighted by Crippen LogP contribution is -2.44. The fourth-order valence-corrected chi connectivity index (χ4v) is 4.77. The fourth-order valence-electron chi connectivity index (χ4n) is 4.77. The third-order valence-electron chi connectivity index (χ3n) is 6.78. The topological polar surface area (TPSA) is 116 Å². The summed E-state index contributed by atoms with van der Waals surface area (Å²) in [5.41, 5.74) is 1.84. The quantitative estimate of drug-likeness (QED) is 0.427. The Kier molecular flexibility index (Phi) is 8.73. The first-order valence-electron chi connectivity index (χ1n) is 12.9. The number of rotatable bonds is 9. The van der Waals surface area contributed by atoms with E-state index in [1.165, 1.54) is 18.0 Å². The van der Waals surface area contributed by atoms with Crippen LogP contribution in [-0.4, -0.2) is 59.3 Å². The highest BCUT2D eigenvalue weighted by Gasteiger charge is 2.29. The summed E-state index contributed by atoms with van der Waals surface area (Å²) in [7, 11) is 1.31. The summed E-state index contributed by atoms with van der Waals surface area (Å²) in [6.07, 6.45) is 5.17. The zero-order valence-corrected chi connectivity index (χ0v) is 22.3. The normalized spacial score (nSPS) is 17.3. The van der Waals surface area contributed by atoms with Gasteiger partial charge in [0.2, 0.25) is 5.91 Å². The number of ether oxygens (including phenoxy) is 2. The lowest BCUT2D eigenvalue weighted by Gasteiger charge is -2.35. The van der Waals surface area contributed by atoms with E-state index in [2.05, 4.69) is 27.1 Å². The van der Waals surface area contributed by atoms with Crippen molar-refractivity contribution in [3.63, 3.8) is 0 Å². The number of aromatic nitrogens is 3. The van der Waals surface area contributed by atoms with Gasteiger partial charge in [0.25, 0.3) is 5.56 Å². The van der Waals surface area contributed by atoms with Crippen LogP contribution in [0.5, 0.6) is 0 Å². The highest BCUT2D eigenvalue weighted by Crippen LogP contribution is 2.26. The van der Waals surface area contributed by atoms with Crippen molar-refractivity contribution in [2.24, 2.45) is 5.92 Å². The maximum Gasteiger partial charge on any atom is 0.307 e. The average Bonchev–Trinajstić information content (AvgIpc) is 2.92. The van der Waals surface area contributed by atoms with Crippen LogP contribution in [0.15, 0.2) is 53.8 Å². The van der Waals surface area contributed by atoms with Crippen molar-refractivity contribution in [2.45, 2.75) is 51.7 Å². The predicted molar refractivity (Wildman–Crippen MR) is 144 cm³/mol. The molecule has 3 heterocycles. The summed E-state index contributed by atoms with van der Waals surface area (Å²) in [5.74, 6) is -0.724. The van der Waals surface area contributed by atoms with E-state index in [1.807, 2.05) is 26.0 Å². The Bertz CT molecular complexity index is 1340. The summed E-state index contributed by atoms with van der Waals surface area (Å²) in [5, 5.41) is 3.45. The molecule has 10 heteroatoms. The molecule has 10 nitrogen and oxygen atoms in total. The van der Waals surface area contributed by atoms with E-state index in [9.17, 15) is 14.4 Å². The Hall–Kier alpha value is -3.79. The van der Waals surface area contributed by atoms with Crippen molar-refractivity contribution in [3.8, 4) is 0 Å². The number of fused-ring (bicyclic) bond motifs is 1. The molecule has 1 aliphatic heterocycles. The van der Waals surface area contributed by atoms with Crippen LogP contribution in [0.4, 0.5) is 5.69 Å². The van der Waals surface area contributed by atoms with Crippen LogP contribution < -0.4 is 15.8 Å². The van der Waals surface area contributed by atoms with Crippen molar-refractivity contribution in [2.75, 3.05) is 31.8 Å². The molecule has 0 bridgehead atoms. The molecule has 1 fully saturated rings. The average molecular weight is 522 g/mol. The van der Waals surface area contributed by atoms with Gasteiger partial charge >= 0.3 is 5.97 Å². The van der Waals surface area contributed by atoms with Gasteiger partial charge in [0.1, 0.15) is 6.04 Å². The molecule has 0 spiro atoms. The summed E-state index contributed by atoms with van der Waals surface area (Å²) in [6, 6.07) is 7.65. The van der Waals surface area contributed by atoms with Gasteiger partial charge in [-0.2, -0.15) is 0 Å². The highest BCUT2D eigenvalue weighted by molar-refractivity contribution is 5.83. The third-order valence-corrected chi connectivity index (χ3v) is 6.78. The molecule has 0 aliphatic carbocycles. The first-order valence-corrected chi connectivity index (χ1v) is 12.9. The minimum Gasteiger partial charge on any atom is -0.469 e. The van der Waals surface area contributed by atoms with E-state index < -0.39 is 18.1 Å². The predicted octanol–water partition coefficient (Wildman–Crippen LogP) is 3.02. The van der Waals surface area contributed by atoms with Gasteiger partial charge in [-0.05, 0) is 43.0 Å².